The zero-order valence-corrected chi connectivity index (χ0v) is 24.5. The second-order valence-electron chi connectivity index (χ2n) is 10.5. The number of ether oxygens (including phenoxy) is 1. The van der Waals surface area contributed by atoms with Crippen LogP contribution in [0.15, 0.2) is 60.8 Å². The second kappa shape index (κ2) is 14.2. The number of aromatic nitrogens is 1. The van der Waals surface area contributed by atoms with E-state index in [1.807, 2.05) is 34.9 Å². The molecule has 0 spiro atoms. The molecule has 5 rings (SSSR count). The normalized spacial score (nSPS) is 11.8. The number of aryl methyl sites for hydroxylation is 1. The van der Waals surface area contributed by atoms with Gasteiger partial charge < -0.3 is 4.74 Å². The van der Waals surface area contributed by atoms with Gasteiger partial charge >= 0.3 is 0 Å². The highest BCUT2D eigenvalue weighted by molar-refractivity contribution is 7.36. The fraction of sp³-hybridized carbons (Fsp3) is 0.441. The standard InChI is InChI=1S/C34H41NOS2/c1-2-3-4-5-6-7-8-9-10-13-22-36-23-14-15-26-17-19-28-31(24-26)37-34-29-20-18-27(25-32(29)38-33(28)34)30-16-11-12-21-35-30/h11-12,16-21,24-25H,2-10,13-15,22-23H2,1H3. The molecule has 0 aliphatic heterocycles. The highest BCUT2D eigenvalue weighted by Crippen LogP contribution is 2.45. The SMILES string of the molecule is CCCCCCCCCCCCOCCCc1ccc2c(c1)sc1c3ccc(-c4ccccn4)cc3sc21. The number of fused-ring (bicyclic) bond motifs is 5. The van der Waals surface area contributed by atoms with Crippen LogP contribution in [-0.2, 0) is 11.2 Å². The largest absolute Gasteiger partial charge is 0.381 e. The topological polar surface area (TPSA) is 22.1 Å². The lowest BCUT2D eigenvalue weighted by atomic mass is 10.1. The maximum Gasteiger partial charge on any atom is 0.0702 e. The van der Waals surface area contributed by atoms with E-state index >= 15 is 0 Å². The summed E-state index contributed by atoms with van der Waals surface area (Å²) in [5.74, 6) is 0. The molecule has 2 aromatic carbocycles. The first-order valence-electron chi connectivity index (χ1n) is 14.7. The van der Waals surface area contributed by atoms with Gasteiger partial charge in [0.2, 0.25) is 0 Å². The Morgan fingerprint density at radius 1 is 0.658 bits per heavy atom. The fourth-order valence-electron chi connectivity index (χ4n) is 5.32. The van der Waals surface area contributed by atoms with Crippen LogP contribution in [0.4, 0.5) is 0 Å². The molecule has 0 saturated heterocycles. The van der Waals surface area contributed by atoms with Crippen LogP contribution in [-0.4, -0.2) is 18.2 Å². The summed E-state index contributed by atoms with van der Waals surface area (Å²) in [5.41, 5.74) is 3.65. The fourth-order valence-corrected chi connectivity index (χ4v) is 8.08. The van der Waals surface area contributed by atoms with E-state index in [1.165, 1.54) is 105 Å². The monoisotopic (exact) mass is 543 g/mol. The first kappa shape index (κ1) is 27.3. The van der Waals surface area contributed by atoms with E-state index < -0.39 is 0 Å². The zero-order chi connectivity index (χ0) is 26.0. The summed E-state index contributed by atoms with van der Waals surface area (Å²) in [6.45, 7) is 4.08. The first-order valence-corrected chi connectivity index (χ1v) is 16.3. The van der Waals surface area contributed by atoms with Crippen molar-refractivity contribution in [2.45, 2.75) is 84.0 Å². The molecule has 0 fully saturated rings. The minimum Gasteiger partial charge on any atom is -0.381 e. The Labute approximate surface area is 236 Å². The van der Waals surface area contributed by atoms with Crippen LogP contribution >= 0.6 is 22.7 Å². The van der Waals surface area contributed by atoms with Gasteiger partial charge in [0, 0.05) is 45.1 Å². The molecule has 5 aromatic rings. The van der Waals surface area contributed by atoms with E-state index in [2.05, 4.69) is 60.4 Å². The van der Waals surface area contributed by atoms with Gasteiger partial charge in [-0.1, -0.05) is 95.0 Å². The second-order valence-corrected chi connectivity index (χ2v) is 12.6. The lowest BCUT2D eigenvalue weighted by molar-refractivity contribution is 0.127. The van der Waals surface area contributed by atoms with Crippen LogP contribution in [0, 0.1) is 0 Å². The van der Waals surface area contributed by atoms with Gasteiger partial charge in [0.1, 0.15) is 0 Å². The smallest absolute Gasteiger partial charge is 0.0702 e. The molecule has 4 heteroatoms. The van der Waals surface area contributed by atoms with Gasteiger partial charge in [-0.2, -0.15) is 0 Å². The molecule has 200 valence electrons. The van der Waals surface area contributed by atoms with Crippen molar-refractivity contribution in [3.63, 3.8) is 0 Å². The highest BCUT2D eigenvalue weighted by Gasteiger charge is 2.13. The van der Waals surface area contributed by atoms with Gasteiger partial charge in [0.15, 0.2) is 0 Å². The van der Waals surface area contributed by atoms with E-state index in [0.29, 0.717) is 0 Å². The quantitative estimate of drug-likeness (QED) is 0.115. The molecule has 0 aliphatic carbocycles. The number of unbranched alkanes of at least 4 members (excludes halogenated alkanes) is 9. The lowest BCUT2D eigenvalue weighted by Crippen LogP contribution is -1.99. The number of thiophene rings is 2. The molecule has 0 radical (unpaired) electrons. The third kappa shape index (κ3) is 7.02. The average molecular weight is 544 g/mol. The third-order valence-corrected chi connectivity index (χ3v) is 10.0. The summed E-state index contributed by atoms with van der Waals surface area (Å²) in [5, 5.41) is 2.76. The number of pyridine rings is 1. The van der Waals surface area contributed by atoms with Crippen molar-refractivity contribution in [2.24, 2.45) is 0 Å². The molecule has 0 amide bonds. The van der Waals surface area contributed by atoms with Crippen LogP contribution in [0.5, 0.6) is 0 Å². The Bertz CT molecular complexity index is 1420. The Hall–Kier alpha value is -2.27. The molecule has 3 heterocycles. The summed E-state index contributed by atoms with van der Waals surface area (Å²) < 4.78 is 11.5. The summed E-state index contributed by atoms with van der Waals surface area (Å²) in [7, 11) is 0. The van der Waals surface area contributed by atoms with E-state index in [-0.39, 0.29) is 0 Å². The van der Waals surface area contributed by atoms with E-state index in [9.17, 15) is 0 Å². The van der Waals surface area contributed by atoms with Crippen molar-refractivity contribution in [1.29, 1.82) is 0 Å². The summed E-state index contributed by atoms with van der Waals surface area (Å²) in [6.07, 6.45) is 17.8. The van der Waals surface area contributed by atoms with E-state index in [0.717, 1.165) is 31.7 Å². The maximum atomic E-state index is 5.94. The molecule has 2 nitrogen and oxygen atoms in total. The van der Waals surface area contributed by atoms with Crippen molar-refractivity contribution in [3.8, 4) is 11.3 Å². The van der Waals surface area contributed by atoms with E-state index in [1.54, 1.807) is 0 Å². The predicted molar refractivity (Wildman–Crippen MR) is 169 cm³/mol. The molecule has 0 saturated carbocycles. The number of hydrogen-bond donors (Lipinski definition) is 0. The summed E-state index contributed by atoms with van der Waals surface area (Å²) in [4.78, 5) is 4.52. The Balaban J connectivity index is 1.06. The molecule has 0 unspecified atom stereocenters. The third-order valence-electron chi connectivity index (χ3n) is 7.50. The molecule has 3 aromatic heterocycles. The molecule has 0 atom stereocenters. The van der Waals surface area contributed by atoms with Gasteiger partial charge in [-0.25, -0.2) is 0 Å². The molecule has 38 heavy (non-hydrogen) atoms. The lowest BCUT2D eigenvalue weighted by Gasteiger charge is -2.05. The van der Waals surface area contributed by atoms with Gasteiger partial charge in [0.25, 0.3) is 0 Å². The van der Waals surface area contributed by atoms with Crippen molar-refractivity contribution in [3.05, 3.63) is 66.4 Å². The van der Waals surface area contributed by atoms with Crippen molar-refractivity contribution < 1.29 is 4.74 Å². The molecular weight excluding hydrogens is 503 g/mol. The van der Waals surface area contributed by atoms with Crippen LogP contribution in [0.25, 0.3) is 40.8 Å². The van der Waals surface area contributed by atoms with Gasteiger partial charge in [-0.3, -0.25) is 4.98 Å². The van der Waals surface area contributed by atoms with E-state index in [4.69, 9.17) is 4.74 Å². The van der Waals surface area contributed by atoms with Crippen LogP contribution in [0.1, 0.15) is 83.1 Å². The van der Waals surface area contributed by atoms with Gasteiger partial charge in [-0.15, -0.1) is 22.7 Å². The molecule has 0 aliphatic rings. The average Bonchev–Trinajstić information content (AvgIpc) is 3.49. The molecule has 0 N–H and O–H groups in total. The summed E-state index contributed by atoms with van der Waals surface area (Å²) >= 11 is 3.85. The van der Waals surface area contributed by atoms with Crippen molar-refractivity contribution >= 4 is 52.2 Å². The number of benzene rings is 2. The Morgan fingerprint density at radius 3 is 2.03 bits per heavy atom. The number of hydrogen-bond acceptors (Lipinski definition) is 4. The van der Waals surface area contributed by atoms with Crippen molar-refractivity contribution in [1.82, 2.24) is 4.98 Å². The Morgan fingerprint density at radius 2 is 1.32 bits per heavy atom. The van der Waals surface area contributed by atoms with Crippen LogP contribution in [0.2, 0.25) is 0 Å². The number of rotatable bonds is 16. The van der Waals surface area contributed by atoms with Gasteiger partial charge in [0.05, 0.1) is 15.1 Å². The predicted octanol–water partition coefficient (Wildman–Crippen LogP) is 11.2. The summed E-state index contributed by atoms with van der Waals surface area (Å²) in [6, 6.07) is 19.9. The van der Waals surface area contributed by atoms with Gasteiger partial charge in [-0.05, 0) is 49.1 Å². The maximum absolute atomic E-state index is 5.94. The number of nitrogens with zero attached hydrogens (tertiary/aromatic N) is 1. The minimum atomic E-state index is 0.873. The highest BCUT2D eigenvalue weighted by atomic mass is 32.1. The first-order chi connectivity index (χ1) is 18.8. The molecule has 0 bridgehead atoms. The zero-order valence-electron chi connectivity index (χ0n) is 22.8. The van der Waals surface area contributed by atoms with Crippen molar-refractivity contribution in [2.75, 3.05) is 13.2 Å². The minimum absolute atomic E-state index is 0.873. The van der Waals surface area contributed by atoms with Crippen LogP contribution < -0.4 is 0 Å². The molecular formula is C34H41NOS2. The van der Waals surface area contributed by atoms with Crippen LogP contribution in [0.3, 0.4) is 0 Å². The Kier molecular flexibility index (Phi) is 10.2.